The van der Waals surface area contributed by atoms with Crippen molar-refractivity contribution >= 4 is 22.3 Å². The standard InChI is InChI=1S/C35H34FN5O3/c1-9-35(6,7)23-17-22-15-16-41(33(43)31(22)26(36)18-23)29-12-10-11-25(21(29)2)27-19-28(32(42)40(8)39-27)38-30-14-13-24(20-37-30)44-34(3,4)5/h1,10-20H,2-8H3,(H,37,38). The van der Waals surface area contributed by atoms with Crippen LogP contribution in [0.2, 0.25) is 0 Å². The van der Waals surface area contributed by atoms with Crippen LogP contribution in [-0.4, -0.2) is 24.9 Å². The van der Waals surface area contributed by atoms with E-state index in [1.807, 2.05) is 47.6 Å². The first kappa shape index (κ1) is 30.2. The molecule has 2 aromatic carbocycles. The molecule has 9 heteroatoms. The highest BCUT2D eigenvalue weighted by molar-refractivity contribution is 5.84. The highest BCUT2D eigenvalue weighted by Gasteiger charge is 2.22. The van der Waals surface area contributed by atoms with Gasteiger partial charge in [-0.15, -0.1) is 6.42 Å². The summed E-state index contributed by atoms with van der Waals surface area (Å²) in [4.78, 5) is 31.0. The maximum Gasteiger partial charge on any atom is 0.290 e. The molecule has 44 heavy (non-hydrogen) atoms. The third-order valence-corrected chi connectivity index (χ3v) is 7.37. The number of ether oxygens (including phenoxy) is 1. The van der Waals surface area contributed by atoms with Crippen molar-refractivity contribution in [3.05, 3.63) is 105 Å². The highest BCUT2D eigenvalue weighted by Crippen LogP contribution is 2.30. The van der Waals surface area contributed by atoms with E-state index >= 15 is 4.39 Å². The van der Waals surface area contributed by atoms with Gasteiger partial charge in [0.25, 0.3) is 11.1 Å². The largest absolute Gasteiger partial charge is 0.487 e. The molecule has 0 radical (unpaired) electrons. The number of pyridine rings is 2. The first-order valence-corrected chi connectivity index (χ1v) is 14.1. The van der Waals surface area contributed by atoms with Gasteiger partial charge >= 0.3 is 0 Å². The van der Waals surface area contributed by atoms with Crippen molar-refractivity contribution in [2.75, 3.05) is 5.32 Å². The van der Waals surface area contributed by atoms with Gasteiger partial charge in [0.15, 0.2) is 0 Å². The summed E-state index contributed by atoms with van der Waals surface area (Å²) in [6.45, 7) is 11.4. The second-order valence-corrected chi connectivity index (χ2v) is 12.2. The number of aromatic nitrogens is 4. The fourth-order valence-corrected chi connectivity index (χ4v) is 4.96. The molecule has 3 heterocycles. The molecule has 5 aromatic rings. The first-order chi connectivity index (χ1) is 20.7. The zero-order valence-electron chi connectivity index (χ0n) is 25.8. The summed E-state index contributed by atoms with van der Waals surface area (Å²) in [6, 6.07) is 15.4. The molecular formula is C35H34FN5O3. The van der Waals surface area contributed by atoms with Crippen molar-refractivity contribution in [1.82, 2.24) is 19.3 Å². The molecule has 0 saturated carbocycles. The molecule has 0 amide bonds. The predicted molar refractivity (Wildman–Crippen MR) is 172 cm³/mol. The van der Waals surface area contributed by atoms with Gasteiger partial charge in [0, 0.05) is 18.8 Å². The lowest BCUT2D eigenvalue weighted by atomic mass is 9.84. The summed E-state index contributed by atoms with van der Waals surface area (Å²) >= 11 is 0. The lowest BCUT2D eigenvalue weighted by molar-refractivity contribution is 0.130. The topological polar surface area (TPSA) is 91.0 Å². The molecule has 0 atom stereocenters. The summed E-state index contributed by atoms with van der Waals surface area (Å²) in [6.07, 6.45) is 8.88. The second-order valence-electron chi connectivity index (χ2n) is 12.2. The molecule has 0 aliphatic rings. The van der Waals surface area contributed by atoms with Crippen LogP contribution in [0.15, 0.2) is 76.6 Å². The van der Waals surface area contributed by atoms with Crippen molar-refractivity contribution < 1.29 is 9.13 Å². The van der Waals surface area contributed by atoms with Crippen molar-refractivity contribution in [1.29, 1.82) is 0 Å². The number of aryl methyl sites for hydroxylation is 1. The van der Waals surface area contributed by atoms with Crippen LogP contribution >= 0.6 is 0 Å². The maximum atomic E-state index is 15.4. The van der Waals surface area contributed by atoms with Gasteiger partial charge in [-0.3, -0.25) is 14.2 Å². The summed E-state index contributed by atoms with van der Waals surface area (Å²) in [7, 11) is 1.57. The number of terminal acetylenes is 1. The summed E-state index contributed by atoms with van der Waals surface area (Å²) in [5, 5.41) is 8.02. The van der Waals surface area contributed by atoms with Gasteiger partial charge in [0.2, 0.25) is 0 Å². The van der Waals surface area contributed by atoms with E-state index in [1.165, 1.54) is 15.3 Å². The molecule has 0 spiro atoms. The van der Waals surface area contributed by atoms with Crippen LogP contribution < -0.4 is 21.2 Å². The Morgan fingerprint density at radius 1 is 1.00 bits per heavy atom. The molecule has 5 rings (SSSR count). The van der Waals surface area contributed by atoms with Crippen LogP contribution in [0.1, 0.15) is 45.7 Å². The minimum atomic E-state index is -0.689. The van der Waals surface area contributed by atoms with Gasteiger partial charge in [0.05, 0.1) is 28.4 Å². The Hall–Kier alpha value is -5.23. The van der Waals surface area contributed by atoms with Crippen LogP contribution in [0.25, 0.3) is 27.7 Å². The summed E-state index contributed by atoms with van der Waals surface area (Å²) in [5.74, 6) is 3.12. The molecule has 224 valence electrons. The van der Waals surface area contributed by atoms with E-state index < -0.39 is 16.8 Å². The number of halogens is 1. The number of rotatable bonds is 6. The normalized spacial score (nSPS) is 11.8. The maximum absolute atomic E-state index is 15.4. The molecule has 3 aromatic heterocycles. The van der Waals surface area contributed by atoms with Gasteiger partial charge in [-0.05, 0) is 101 Å². The van der Waals surface area contributed by atoms with E-state index in [2.05, 4.69) is 21.3 Å². The number of hydrogen-bond acceptors (Lipinski definition) is 6. The van der Waals surface area contributed by atoms with Crippen LogP contribution in [-0.2, 0) is 12.5 Å². The number of hydrogen-bond donors (Lipinski definition) is 1. The molecule has 1 N–H and O–H groups in total. The summed E-state index contributed by atoms with van der Waals surface area (Å²) < 4.78 is 23.9. The van der Waals surface area contributed by atoms with E-state index in [0.717, 1.165) is 5.56 Å². The van der Waals surface area contributed by atoms with E-state index in [4.69, 9.17) is 11.2 Å². The Morgan fingerprint density at radius 2 is 1.75 bits per heavy atom. The quantitative estimate of drug-likeness (QED) is 0.229. The number of nitrogens with zero attached hydrogens (tertiary/aromatic N) is 4. The van der Waals surface area contributed by atoms with Crippen molar-refractivity contribution in [3.8, 4) is 35.0 Å². The van der Waals surface area contributed by atoms with Gasteiger partial charge in [-0.1, -0.05) is 18.1 Å². The van der Waals surface area contributed by atoms with Gasteiger partial charge in [-0.2, -0.15) is 5.10 Å². The highest BCUT2D eigenvalue weighted by atomic mass is 19.1. The second kappa shape index (κ2) is 11.1. The van der Waals surface area contributed by atoms with Crippen molar-refractivity contribution in [2.24, 2.45) is 7.05 Å². The number of fused-ring (bicyclic) bond motifs is 1. The molecule has 8 nitrogen and oxygen atoms in total. The monoisotopic (exact) mass is 591 g/mol. The van der Waals surface area contributed by atoms with Gasteiger partial charge < -0.3 is 10.1 Å². The molecule has 0 aliphatic heterocycles. The Balaban J connectivity index is 1.54. The Labute approximate surface area is 255 Å². The fourth-order valence-electron chi connectivity index (χ4n) is 4.96. The average molecular weight is 592 g/mol. The number of nitrogens with one attached hydrogen (secondary N) is 1. The summed E-state index contributed by atoms with van der Waals surface area (Å²) in [5.41, 5.74) is 1.48. The van der Waals surface area contributed by atoms with Crippen molar-refractivity contribution in [2.45, 2.75) is 52.6 Å². The third-order valence-electron chi connectivity index (χ3n) is 7.37. The first-order valence-electron chi connectivity index (χ1n) is 14.1. The van der Waals surface area contributed by atoms with Crippen LogP contribution in [0.3, 0.4) is 0 Å². The lowest BCUT2D eigenvalue weighted by Crippen LogP contribution is -2.23. The minimum absolute atomic E-state index is 0.0213. The number of benzene rings is 2. The predicted octanol–water partition coefficient (Wildman–Crippen LogP) is 6.43. The molecular weight excluding hydrogens is 557 g/mol. The van der Waals surface area contributed by atoms with Crippen LogP contribution in [0.4, 0.5) is 15.9 Å². The molecule has 0 bridgehead atoms. The fraction of sp³-hybridized carbons (Fsp3) is 0.257. The van der Waals surface area contributed by atoms with Crippen molar-refractivity contribution in [3.63, 3.8) is 0 Å². The van der Waals surface area contributed by atoms with Crippen LogP contribution in [0, 0.1) is 25.1 Å². The van der Waals surface area contributed by atoms with Crippen LogP contribution in [0.5, 0.6) is 5.75 Å². The lowest BCUT2D eigenvalue weighted by Gasteiger charge is -2.21. The van der Waals surface area contributed by atoms with E-state index in [9.17, 15) is 9.59 Å². The zero-order chi connectivity index (χ0) is 32.0. The Bertz CT molecular complexity index is 2060. The number of anilines is 2. The average Bonchev–Trinajstić information content (AvgIpc) is 2.96. The minimum Gasteiger partial charge on any atom is -0.487 e. The van der Waals surface area contributed by atoms with Gasteiger partial charge in [-0.25, -0.2) is 14.1 Å². The molecule has 0 fully saturated rings. The molecule has 0 aliphatic carbocycles. The SMILES string of the molecule is C#CC(C)(C)c1cc(F)c2c(=O)n(-c3cccc(-c4cc(Nc5ccc(OC(C)(C)C)cn5)c(=O)n(C)n4)c3C)ccc2c1. The Kier molecular flexibility index (Phi) is 7.64. The molecule has 0 saturated heterocycles. The van der Waals surface area contributed by atoms with E-state index in [-0.39, 0.29) is 22.2 Å². The third kappa shape index (κ3) is 5.84. The smallest absolute Gasteiger partial charge is 0.290 e. The Morgan fingerprint density at radius 3 is 2.41 bits per heavy atom. The van der Waals surface area contributed by atoms with E-state index in [0.29, 0.717) is 39.5 Å². The zero-order valence-corrected chi connectivity index (χ0v) is 25.8. The van der Waals surface area contributed by atoms with Gasteiger partial charge in [0.1, 0.15) is 28.7 Å². The molecule has 0 unspecified atom stereocenters. The van der Waals surface area contributed by atoms with E-state index in [1.54, 1.807) is 61.9 Å².